The summed E-state index contributed by atoms with van der Waals surface area (Å²) in [4.78, 5) is 12.4. The van der Waals surface area contributed by atoms with Crippen LogP contribution >= 0.6 is 15.9 Å². The minimum absolute atomic E-state index is 0.0315. The summed E-state index contributed by atoms with van der Waals surface area (Å²) in [6.07, 6.45) is 2.22. The van der Waals surface area contributed by atoms with Crippen LogP contribution < -0.4 is 0 Å². The molecule has 0 aromatic heterocycles. The molecule has 16 heavy (non-hydrogen) atoms. The number of methoxy groups -OCH3 is 1. The Bertz CT molecular complexity index is 236. The minimum Gasteiger partial charge on any atom is -0.380 e. The van der Waals surface area contributed by atoms with Gasteiger partial charge in [-0.1, -0.05) is 36.7 Å². The molecule has 1 saturated carbocycles. The Labute approximate surface area is 107 Å². The van der Waals surface area contributed by atoms with Gasteiger partial charge in [-0.05, 0) is 24.7 Å². The van der Waals surface area contributed by atoms with E-state index in [0.29, 0.717) is 17.6 Å². The minimum atomic E-state index is 0.0315. The lowest BCUT2D eigenvalue weighted by Crippen LogP contribution is -2.44. The van der Waals surface area contributed by atoms with E-state index in [9.17, 15) is 4.79 Å². The molecule has 3 heteroatoms. The number of carbonyl (C=O) groups is 1. The molecule has 1 aliphatic carbocycles. The predicted octanol–water partition coefficient (Wildman–Crippen LogP) is 3.28. The van der Waals surface area contributed by atoms with Crippen molar-refractivity contribution < 1.29 is 9.53 Å². The van der Waals surface area contributed by atoms with Crippen LogP contribution in [0.2, 0.25) is 0 Å². The van der Waals surface area contributed by atoms with Gasteiger partial charge in [0.2, 0.25) is 0 Å². The second-order valence-electron chi connectivity index (χ2n) is 5.26. The van der Waals surface area contributed by atoms with E-state index in [-0.39, 0.29) is 17.9 Å². The van der Waals surface area contributed by atoms with Crippen LogP contribution in [-0.2, 0) is 9.53 Å². The number of hydrogen-bond donors (Lipinski definition) is 0. The standard InChI is InChI=1S/C13H23BrO2/c1-8(2)10-6-5-9(3)12(13(10)15)11(7-14)16-4/h8-12H,5-7H2,1-4H3/t9-,10+,11?,12?/m1/s1. The third kappa shape index (κ3) is 2.86. The molecule has 0 amide bonds. The van der Waals surface area contributed by atoms with E-state index in [1.54, 1.807) is 7.11 Å². The fourth-order valence-corrected chi connectivity index (χ4v) is 3.48. The Hall–Kier alpha value is 0.110. The fourth-order valence-electron chi connectivity index (χ4n) is 2.81. The summed E-state index contributed by atoms with van der Waals surface area (Å²) < 4.78 is 5.44. The lowest BCUT2D eigenvalue weighted by molar-refractivity contribution is -0.138. The first-order valence-electron chi connectivity index (χ1n) is 6.15. The summed E-state index contributed by atoms with van der Waals surface area (Å²) in [6, 6.07) is 0. The number of rotatable bonds is 4. The van der Waals surface area contributed by atoms with Gasteiger partial charge in [0.05, 0.1) is 6.10 Å². The Balaban J connectivity index is 2.82. The number of ketones is 1. The Kier molecular flexibility index (Phi) is 5.45. The Morgan fingerprint density at radius 1 is 1.44 bits per heavy atom. The Morgan fingerprint density at radius 2 is 2.06 bits per heavy atom. The van der Waals surface area contributed by atoms with Crippen LogP contribution in [0.4, 0.5) is 0 Å². The maximum atomic E-state index is 12.4. The van der Waals surface area contributed by atoms with E-state index in [0.717, 1.165) is 18.2 Å². The third-order valence-electron chi connectivity index (χ3n) is 3.90. The zero-order chi connectivity index (χ0) is 12.3. The highest BCUT2D eigenvalue weighted by Crippen LogP contribution is 2.37. The van der Waals surface area contributed by atoms with E-state index in [1.807, 2.05) is 0 Å². The molecule has 1 aliphatic rings. The van der Waals surface area contributed by atoms with Gasteiger partial charge in [-0.2, -0.15) is 0 Å². The topological polar surface area (TPSA) is 26.3 Å². The molecule has 0 aromatic rings. The van der Waals surface area contributed by atoms with E-state index < -0.39 is 0 Å². The van der Waals surface area contributed by atoms with Gasteiger partial charge in [-0.3, -0.25) is 4.79 Å². The van der Waals surface area contributed by atoms with Crippen LogP contribution in [-0.4, -0.2) is 24.3 Å². The third-order valence-corrected chi connectivity index (χ3v) is 4.54. The second kappa shape index (κ2) is 6.15. The van der Waals surface area contributed by atoms with Crippen molar-refractivity contribution in [3.05, 3.63) is 0 Å². The average molecular weight is 291 g/mol. The van der Waals surface area contributed by atoms with Crippen molar-refractivity contribution in [1.82, 2.24) is 0 Å². The summed E-state index contributed by atoms with van der Waals surface area (Å²) in [6.45, 7) is 6.46. The van der Waals surface area contributed by atoms with E-state index in [1.165, 1.54) is 0 Å². The van der Waals surface area contributed by atoms with Gasteiger partial charge in [0, 0.05) is 24.3 Å². The van der Waals surface area contributed by atoms with Crippen molar-refractivity contribution in [3.8, 4) is 0 Å². The smallest absolute Gasteiger partial charge is 0.142 e. The lowest BCUT2D eigenvalue weighted by atomic mass is 9.68. The highest BCUT2D eigenvalue weighted by Gasteiger charge is 2.41. The predicted molar refractivity (Wildman–Crippen MR) is 69.8 cm³/mol. The first kappa shape index (κ1) is 14.2. The first-order valence-corrected chi connectivity index (χ1v) is 7.27. The van der Waals surface area contributed by atoms with Gasteiger partial charge in [-0.25, -0.2) is 0 Å². The summed E-state index contributed by atoms with van der Waals surface area (Å²) in [5.74, 6) is 1.63. The molecule has 94 valence electrons. The van der Waals surface area contributed by atoms with Crippen LogP contribution in [0.3, 0.4) is 0 Å². The number of alkyl halides is 1. The highest BCUT2D eigenvalue weighted by molar-refractivity contribution is 9.09. The molecule has 0 heterocycles. The lowest BCUT2D eigenvalue weighted by Gasteiger charge is -2.38. The van der Waals surface area contributed by atoms with Crippen molar-refractivity contribution >= 4 is 21.7 Å². The zero-order valence-electron chi connectivity index (χ0n) is 10.7. The largest absolute Gasteiger partial charge is 0.380 e. The molecule has 0 radical (unpaired) electrons. The second-order valence-corrected chi connectivity index (χ2v) is 5.91. The number of halogens is 1. The maximum Gasteiger partial charge on any atom is 0.142 e. The molecule has 1 rings (SSSR count). The van der Waals surface area contributed by atoms with Gasteiger partial charge in [0.1, 0.15) is 5.78 Å². The van der Waals surface area contributed by atoms with Gasteiger partial charge < -0.3 is 4.74 Å². The van der Waals surface area contributed by atoms with Gasteiger partial charge >= 0.3 is 0 Å². The van der Waals surface area contributed by atoms with Crippen LogP contribution in [0.15, 0.2) is 0 Å². The monoisotopic (exact) mass is 290 g/mol. The molecule has 0 aromatic carbocycles. The number of carbonyl (C=O) groups excluding carboxylic acids is 1. The van der Waals surface area contributed by atoms with Crippen molar-refractivity contribution in [2.24, 2.45) is 23.7 Å². The molecular weight excluding hydrogens is 268 g/mol. The van der Waals surface area contributed by atoms with E-state index in [4.69, 9.17) is 4.74 Å². The average Bonchev–Trinajstić information content (AvgIpc) is 2.23. The molecule has 4 atom stereocenters. The van der Waals surface area contributed by atoms with Crippen molar-refractivity contribution in [2.45, 2.75) is 39.7 Å². The van der Waals surface area contributed by atoms with Gasteiger partial charge in [-0.15, -0.1) is 0 Å². The first-order chi connectivity index (χ1) is 7.52. The zero-order valence-corrected chi connectivity index (χ0v) is 12.3. The molecule has 0 bridgehead atoms. The van der Waals surface area contributed by atoms with Crippen LogP contribution in [0.1, 0.15) is 33.6 Å². The normalized spacial score (nSPS) is 33.1. The van der Waals surface area contributed by atoms with E-state index >= 15 is 0 Å². The maximum absolute atomic E-state index is 12.4. The van der Waals surface area contributed by atoms with Crippen molar-refractivity contribution in [1.29, 1.82) is 0 Å². The SMILES string of the molecule is COC(CBr)C1C(=O)[C@H](C(C)C)CC[C@H]1C. The molecule has 1 fully saturated rings. The summed E-state index contributed by atoms with van der Waals surface area (Å²) in [5, 5.41) is 0.745. The number of Topliss-reactive ketones (excluding diaryl/α,β-unsaturated/α-hetero) is 1. The number of ether oxygens (including phenoxy) is 1. The molecule has 2 nitrogen and oxygen atoms in total. The van der Waals surface area contributed by atoms with Crippen molar-refractivity contribution in [2.75, 3.05) is 12.4 Å². The van der Waals surface area contributed by atoms with Crippen molar-refractivity contribution in [3.63, 3.8) is 0 Å². The van der Waals surface area contributed by atoms with Crippen LogP contribution in [0.25, 0.3) is 0 Å². The molecule has 0 spiro atoms. The molecule has 0 saturated heterocycles. The quantitative estimate of drug-likeness (QED) is 0.743. The molecule has 0 aliphatic heterocycles. The van der Waals surface area contributed by atoms with Crippen LogP contribution in [0, 0.1) is 23.7 Å². The molecule has 0 N–H and O–H groups in total. The van der Waals surface area contributed by atoms with Gasteiger partial charge in [0.25, 0.3) is 0 Å². The number of hydrogen-bond acceptors (Lipinski definition) is 2. The molecular formula is C13H23BrO2. The van der Waals surface area contributed by atoms with Crippen LogP contribution in [0.5, 0.6) is 0 Å². The summed E-state index contributed by atoms with van der Waals surface area (Å²) >= 11 is 3.45. The van der Waals surface area contributed by atoms with E-state index in [2.05, 4.69) is 36.7 Å². The Morgan fingerprint density at radius 3 is 2.50 bits per heavy atom. The fraction of sp³-hybridized carbons (Fsp3) is 0.923. The summed E-state index contributed by atoms with van der Waals surface area (Å²) in [5.41, 5.74) is 0. The highest BCUT2D eigenvalue weighted by atomic mass is 79.9. The van der Waals surface area contributed by atoms with Gasteiger partial charge in [0.15, 0.2) is 0 Å². The molecule has 2 unspecified atom stereocenters. The summed E-state index contributed by atoms with van der Waals surface area (Å²) in [7, 11) is 1.70.